The van der Waals surface area contributed by atoms with Crippen LogP contribution in [0.3, 0.4) is 0 Å². The van der Waals surface area contributed by atoms with Crippen LogP contribution in [0, 0.1) is 0 Å². The molecule has 0 amide bonds. The van der Waals surface area contributed by atoms with Crippen LogP contribution in [0.2, 0.25) is 0 Å². The standard InChI is InChI=1S/C25H31N5O2/c1-29(2)25-27-16-19(23-21(31-3)9-7-10-22(23)32-4)24(28-25)20-8-5-6-15-30(20)17-18-11-13-26-14-12-18/h7,9-14,16,20H,5-6,8,15,17H2,1-4H3. The Kier molecular flexibility index (Phi) is 6.85. The second kappa shape index (κ2) is 9.96. The van der Waals surface area contributed by atoms with Crippen LogP contribution >= 0.6 is 0 Å². The first-order chi connectivity index (χ1) is 15.6. The largest absolute Gasteiger partial charge is 0.496 e. The fourth-order valence-corrected chi connectivity index (χ4v) is 4.38. The number of methoxy groups -OCH3 is 2. The fraction of sp³-hybridized carbons (Fsp3) is 0.400. The van der Waals surface area contributed by atoms with Crippen molar-refractivity contribution >= 4 is 5.95 Å². The molecule has 0 spiro atoms. The van der Waals surface area contributed by atoms with E-state index in [4.69, 9.17) is 14.5 Å². The van der Waals surface area contributed by atoms with Gasteiger partial charge in [-0.05, 0) is 49.2 Å². The molecule has 4 rings (SSSR count). The molecule has 1 aliphatic heterocycles. The first-order valence-electron chi connectivity index (χ1n) is 11.0. The minimum atomic E-state index is 0.170. The van der Waals surface area contributed by atoms with E-state index >= 15 is 0 Å². The number of anilines is 1. The van der Waals surface area contributed by atoms with Gasteiger partial charge in [0.2, 0.25) is 5.95 Å². The van der Waals surface area contributed by atoms with Gasteiger partial charge in [0.25, 0.3) is 0 Å². The Hall–Kier alpha value is -3.19. The highest BCUT2D eigenvalue weighted by Crippen LogP contribution is 2.43. The number of benzene rings is 1. The second-order valence-electron chi connectivity index (χ2n) is 8.24. The Morgan fingerprint density at radius 2 is 1.75 bits per heavy atom. The smallest absolute Gasteiger partial charge is 0.225 e. The van der Waals surface area contributed by atoms with Gasteiger partial charge in [0.1, 0.15) is 11.5 Å². The minimum Gasteiger partial charge on any atom is -0.496 e. The third-order valence-corrected chi connectivity index (χ3v) is 5.97. The molecule has 1 aliphatic rings. The van der Waals surface area contributed by atoms with Crippen molar-refractivity contribution in [2.24, 2.45) is 0 Å². The van der Waals surface area contributed by atoms with Crippen LogP contribution in [0.25, 0.3) is 11.1 Å². The van der Waals surface area contributed by atoms with E-state index in [-0.39, 0.29) is 6.04 Å². The van der Waals surface area contributed by atoms with Crippen LogP contribution in [-0.2, 0) is 6.54 Å². The summed E-state index contributed by atoms with van der Waals surface area (Å²) in [5.74, 6) is 2.21. The van der Waals surface area contributed by atoms with E-state index < -0.39 is 0 Å². The third kappa shape index (κ3) is 4.53. The maximum atomic E-state index is 5.72. The molecule has 0 aliphatic carbocycles. The molecule has 3 heterocycles. The molecule has 3 aromatic rings. The van der Waals surface area contributed by atoms with E-state index in [9.17, 15) is 0 Å². The molecule has 1 unspecified atom stereocenters. The average Bonchev–Trinajstić information content (AvgIpc) is 2.84. The lowest BCUT2D eigenvalue weighted by atomic mass is 9.92. The zero-order valence-corrected chi connectivity index (χ0v) is 19.3. The van der Waals surface area contributed by atoms with Gasteiger partial charge in [-0.25, -0.2) is 9.97 Å². The molecule has 168 valence electrons. The Balaban J connectivity index is 1.84. The molecular formula is C25H31N5O2. The number of hydrogen-bond acceptors (Lipinski definition) is 7. The zero-order valence-electron chi connectivity index (χ0n) is 19.3. The van der Waals surface area contributed by atoms with Crippen LogP contribution in [0.5, 0.6) is 11.5 Å². The first-order valence-corrected chi connectivity index (χ1v) is 11.0. The van der Waals surface area contributed by atoms with Crippen molar-refractivity contribution in [1.29, 1.82) is 0 Å². The molecule has 0 N–H and O–H groups in total. The van der Waals surface area contributed by atoms with Crippen molar-refractivity contribution in [3.8, 4) is 22.6 Å². The number of nitrogens with zero attached hydrogens (tertiary/aromatic N) is 5. The molecule has 1 fully saturated rings. The van der Waals surface area contributed by atoms with Crippen LogP contribution in [-0.4, -0.2) is 54.7 Å². The third-order valence-electron chi connectivity index (χ3n) is 5.97. The number of pyridine rings is 1. The summed E-state index contributed by atoms with van der Waals surface area (Å²) in [5, 5.41) is 0. The average molecular weight is 434 g/mol. The van der Waals surface area contributed by atoms with Gasteiger partial charge in [-0.2, -0.15) is 0 Å². The Labute approximate surface area is 190 Å². The van der Waals surface area contributed by atoms with E-state index in [0.717, 1.165) is 47.8 Å². The molecule has 0 radical (unpaired) electrons. The molecule has 7 nitrogen and oxygen atoms in total. The van der Waals surface area contributed by atoms with Crippen molar-refractivity contribution in [3.63, 3.8) is 0 Å². The van der Waals surface area contributed by atoms with Gasteiger partial charge in [-0.1, -0.05) is 12.5 Å². The van der Waals surface area contributed by atoms with E-state index in [1.54, 1.807) is 14.2 Å². The maximum absolute atomic E-state index is 5.72. The summed E-state index contributed by atoms with van der Waals surface area (Å²) < 4.78 is 11.4. The van der Waals surface area contributed by atoms with Crippen LogP contribution in [0.1, 0.15) is 36.6 Å². The Morgan fingerprint density at radius 3 is 2.41 bits per heavy atom. The highest BCUT2D eigenvalue weighted by atomic mass is 16.5. The summed E-state index contributed by atoms with van der Waals surface area (Å²) in [4.78, 5) is 18.3. The fourth-order valence-electron chi connectivity index (χ4n) is 4.38. The zero-order chi connectivity index (χ0) is 22.5. The molecule has 32 heavy (non-hydrogen) atoms. The summed E-state index contributed by atoms with van der Waals surface area (Å²) in [7, 11) is 7.31. The minimum absolute atomic E-state index is 0.170. The molecular weight excluding hydrogens is 402 g/mol. The molecule has 2 aromatic heterocycles. The number of hydrogen-bond donors (Lipinski definition) is 0. The quantitative estimate of drug-likeness (QED) is 0.549. The van der Waals surface area contributed by atoms with Crippen molar-refractivity contribution in [3.05, 3.63) is 60.2 Å². The van der Waals surface area contributed by atoms with Gasteiger partial charge in [0.05, 0.1) is 31.5 Å². The van der Waals surface area contributed by atoms with Gasteiger partial charge < -0.3 is 14.4 Å². The lowest BCUT2D eigenvalue weighted by molar-refractivity contribution is 0.137. The predicted octanol–water partition coefficient (Wildman–Crippen LogP) is 4.35. The summed E-state index contributed by atoms with van der Waals surface area (Å²) in [5.41, 5.74) is 4.12. The molecule has 1 aromatic carbocycles. The number of ether oxygens (including phenoxy) is 2. The SMILES string of the molecule is COc1cccc(OC)c1-c1cnc(N(C)C)nc1C1CCCCN1Cc1ccncc1. The van der Waals surface area contributed by atoms with E-state index in [1.807, 2.05) is 55.8 Å². The second-order valence-corrected chi connectivity index (χ2v) is 8.24. The summed E-state index contributed by atoms with van der Waals surface area (Å²) in [6.07, 6.45) is 9.01. The summed E-state index contributed by atoms with van der Waals surface area (Å²) >= 11 is 0. The maximum Gasteiger partial charge on any atom is 0.225 e. The van der Waals surface area contributed by atoms with Crippen LogP contribution in [0.4, 0.5) is 5.95 Å². The topological polar surface area (TPSA) is 63.6 Å². The van der Waals surface area contributed by atoms with E-state index in [1.165, 1.54) is 18.4 Å². The van der Waals surface area contributed by atoms with Gasteiger partial charge in [0.15, 0.2) is 0 Å². The van der Waals surface area contributed by atoms with Crippen molar-refractivity contribution in [1.82, 2.24) is 19.9 Å². The highest BCUT2D eigenvalue weighted by Gasteiger charge is 2.30. The molecule has 1 saturated heterocycles. The van der Waals surface area contributed by atoms with E-state index in [0.29, 0.717) is 5.95 Å². The van der Waals surface area contributed by atoms with Crippen LogP contribution < -0.4 is 14.4 Å². The normalized spacial score (nSPS) is 16.6. The molecule has 7 heteroatoms. The summed E-state index contributed by atoms with van der Waals surface area (Å²) in [6, 6.07) is 10.2. The van der Waals surface area contributed by atoms with Gasteiger partial charge in [0, 0.05) is 44.8 Å². The summed E-state index contributed by atoms with van der Waals surface area (Å²) in [6.45, 7) is 1.88. The Bertz CT molecular complexity index is 1020. The number of aromatic nitrogens is 3. The highest BCUT2D eigenvalue weighted by molar-refractivity contribution is 5.78. The first kappa shape index (κ1) is 22.0. The predicted molar refractivity (Wildman–Crippen MR) is 126 cm³/mol. The monoisotopic (exact) mass is 433 g/mol. The van der Waals surface area contributed by atoms with Crippen molar-refractivity contribution < 1.29 is 9.47 Å². The van der Waals surface area contributed by atoms with E-state index in [2.05, 4.69) is 27.0 Å². The number of piperidine rings is 1. The Morgan fingerprint density at radius 1 is 1.03 bits per heavy atom. The lowest BCUT2D eigenvalue weighted by Gasteiger charge is -2.36. The van der Waals surface area contributed by atoms with Gasteiger partial charge in [-0.3, -0.25) is 9.88 Å². The van der Waals surface area contributed by atoms with Crippen molar-refractivity contribution in [2.45, 2.75) is 31.8 Å². The molecule has 1 atom stereocenters. The molecule has 0 saturated carbocycles. The van der Waals surface area contributed by atoms with Gasteiger partial charge >= 0.3 is 0 Å². The number of rotatable bonds is 7. The van der Waals surface area contributed by atoms with Crippen LogP contribution in [0.15, 0.2) is 48.9 Å². The lowest BCUT2D eigenvalue weighted by Crippen LogP contribution is -2.34. The van der Waals surface area contributed by atoms with Gasteiger partial charge in [-0.15, -0.1) is 0 Å². The molecule has 0 bridgehead atoms. The van der Waals surface area contributed by atoms with Crippen molar-refractivity contribution in [2.75, 3.05) is 39.8 Å². The number of likely N-dealkylation sites (tertiary alicyclic amines) is 1.